The van der Waals surface area contributed by atoms with Crippen LogP contribution in [-0.2, 0) is 4.79 Å². The lowest BCUT2D eigenvalue weighted by Crippen LogP contribution is -2.94. The highest BCUT2D eigenvalue weighted by molar-refractivity contribution is 7.18. The third-order valence-electron chi connectivity index (χ3n) is 3.02. The highest BCUT2D eigenvalue weighted by Gasteiger charge is 2.27. The molecule has 6 heteroatoms. The molecule has 2 heterocycles. The van der Waals surface area contributed by atoms with Crippen molar-refractivity contribution in [3.05, 3.63) is 16.8 Å². The average molecular weight is 265 g/mol. The monoisotopic (exact) mass is 265 g/mol. The summed E-state index contributed by atoms with van der Waals surface area (Å²) in [7, 11) is 0. The number of fused-ring (bicyclic) bond motifs is 1. The zero-order chi connectivity index (χ0) is 13.5. The maximum atomic E-state index is 11.1. The Morgan fingerprint density at radius 3 is 2.67 bits per heavy atom. The van der Waals surface area contributed by atoms with Gasteiger partial charge >= 0.3 is 0 Å². The van der Waals surface area contributed by atoms with Crippen LogP contribution < -0.4 is 10.4 Å². The summed E-state index contributed by atoms with van der Waals surface area (Å²) in [5.74, 6) is -0.449. The Kier molecular flexibility index (Phi) is 3.08. The minimum atomic E-state index is -1.11. The number of aliphatic carboxylic acids is 1. The molecule has 0 amide bonds. The second-order valence-corrected chi connectivity index (χ2v) is 6.08. The summed E-state index contributed by atoms with van der Waals surface area (Å²) in [6.45, 7) is 7.23. The van der Waals surface area contributed by atoms with E-state index in [1.54, 1.807) is 30.5 Å². The van der Waals surface area contributed by atoms with E-state index in [1.807, 2.05) is 13.8 Å². The number of nitrogens with two attached hydrogens (primary N) is 1. The van der Waals surface area contributed by atoms with Crippen LogP contribution in [0.15, 0.2) is 6.33 Å². The number of thiophene rings is 1. The van der Waals surface area contributed by atoms with Crippen molar-refractivity contribution >= 4 is 33.3 Å². The predicted octanol–water partition coefficient (Wildman–Crippen LogP) is 0.0315. The number of carboxylic acids is 1. The number of rotatable bonds is 3. The normalized spacial score (nSPS) is 12.0. The van der Waals surface area contributed by atoms with Gasteiger partial charge in [0, 0.05) is 4.88 Å². The Bertz CT molecular complexity index is 619. The quantitative estimate of drug-likeness (QED) is 0.849. The molecule has 2 aromatic rings. The van der Waals surface area contributed by atoms with Gasteiger partial charge in [0.15, 0.2) is 0 Å². The number of carbonyl (C=O) groups excluding carboxylic acids is 1. The molecule has 0 aromatic carbocycles. The van der Waals surface area contributed by atoms with Gasteiger partial charge < -0.3 is 9.90 Å². The SMILES string of the molecule is Cc1sc2ncnc([NH2+]C(C)(C)C(=O)[O-])c2c1C. The minimum Gasteiger partial charge on any atom is -0.544 e. The van der Waals surface area contributed by atoms with E-state index in [-0.39, 0.29) is 0 Å². The Morgan fingerprint density at radius 2 is 2.06 bits per heavy atom. The standard InChI is InChI=1S/C12H15N3O2S/c1-6-7(2)18-10-8(6)9(13-5-14-10)15-12(3,4)11(16)17/h5H,1-4H3,(H,16,17)(H,13,14,15). The molecule has 96 valence electrons. The van der Waals surface area contributed by atoms with Gasteiger partial charge in [-0.3, -0.25) is 5.32 Å². The maximum Gasteiger partial charge on any atom is 0.237 e. The minimum absolute atomic E-state index is 0.663. The summed E-state index contributed by atoms with van der Waals surface area (Å²) in [5, 5.41) is 13.6. The molecule has 0 spiro atoms. The highest BCUT2D eigenvalue weighted by atomic mass is 32.1. The molecule has 0 aliphatic carbocycles. The van der Waals surface area contributed by atoms with Crippen molar-refractivity contribution in [3.63, 3.8) is 0 Å². The molecule has 0 fully saturated rings. The van der Waals surface area contributed by atoms with Crippen LogP contribution in [0.2, 0.25) is 0 Å². The Labute approximate surface area is 109 Å². The van der Waals surface area contributed by atoms with Crippen molar-refractivity contribution in [2.75, 3.05) is 0 Å². The summed E-state index contributed by atoms with van der Waals surface area (Å²) in [5.41, 5.74) is 0.0554. The number of carboxylic acid groups (broad SMARTS) is 1. The van der Waals surface area contributed by atoms with Crippen molar-refractivity contribution in [1.29, 1.82) is 0 Å². The van der Waals surface area contributed by atoms with Crippen LogP contribution in [0.25, 0.3) is 10.2 Å². The van der Waals surface area contributed by atoms with Gasteiger partial charge in [0.2, 0.25) is 5.82 Å². The number of hydrogen-bond acceptors (Lipinski definition) is 5. The van der Waals surface area contributed by atoms with Crippen LogP contribution in [0, 0.1) is 13.8 Å². The van der Waals surface area contributed by atoms with Crippen molar-refractivity contribution in [2.24, 2.45) is 0 Å². The smallest absolute Gasteiger partial charge is 0.237 e. The molecule has 2 aromatic heterocycles. The molecule has 2 rings (SSSR count). The molecule has 0 unspecified atom stereocenters. The molecule has 0 aliphatic heterocycles. The Morgan fingerprint density at radius 1 is 1.39 bits per heavy atom. The molecule has 0 aliphatic rings. The summed E-state index contributed by atoms with van der Waals surface area (Å²) in [6, 6.07) is 0. The van der Waals surface area contributed by atoms with Gasteiger partial charge in [-0.15, -0.1) is 11.3 Å². The van der Waals surface area contributed by atoms with Crippen LogP contribution in [0.3, 0.4) is 0 Å². The van der Waals surface area contributed by atoms with E-state index >= 15 is 0 Å². The molecule has 0 bridgehead atoms. The summed E-state index contributed by atoms with van der Waals surface area (Å²) in [4.78, 5) is 21.6. The molecule has 2 N–H and O–H groups in total. The number of aromatic nitrogens is 2. The van der Waals surface area contributed by atoms with Gasteiger partial charge in [0.25, 0.3) is 0 Å². The van der Waals surface area contributed by atoms with Crippen molar-refractivity contribution in [2.45, 2.75) is 33.2 Å². The fourth-order valence-corrected chi connectivity index (χ4v) is 2.72. The first-order valence-electron chi connectivity index (χ1n) is 5.61. The summed E-state index contributed by atoms with van der Waals surface area (Å²) >= 11 is 1.59. The van der Waals surface area contributed by atoms with Crippen LogP contribution >= 0.6 is 11.3 Å². The van der Waals surface area contributed by atoms with Crippen molar-refractivity contribution < 1.29 is 15.2 Å². The average Bonchev–Trinajstić information content (AvgIpc) is 2.55. The molecule has 0 saturated carbocycles. The predicted molar refractivity (Wildman–Crippen MR) is 67.6 cm³/mol. The largest absolute Gasteiger partial charge is 0.544 e. The first-order valence-corrected chi connectivity index (χ1v) is 6.42. The van der Waals surface area contributed by atoms with Crippen molar-refractivity contribution in [3.8, 4) is 0 Å². The fraction of sp³-hybridized carbons (Fsp3) is 0.417. The molecular formula is C12H15N3O2S. The van der Waals surface area contributed by atoms with Gasteiger partial charge in [-0.2, -0.15) is 4.98 Å². The van der Waals surface area contributed by atoms with E-state index in [1.165, 1.54) is 11.2 Å². The first-order chi connectivity index (χ1) is 8.33. The van der Waals surface area contributed by atoms with Gasteiger partial charge in [-0.05, 0) is 33.3 Å². The van der Waals surface area contributed by atoms with Gasteiger partial charge in [-0.25, -0.2) is 4.98 Å². The Balaban J connectivity index is 2.55. The first kappa shape index (κ1) is 12.9. The van der Waals surface area contributed by atoms with Crippen LogP contribution in [0.4, 0.5) is 5.82 Å². The third kappa shape index (κ3) is 2.09. The zero-order valence-corrected chi connectivity index (χ0v) is 11.6. The van der Waals surface area contributed by atoms with Crippen molar-refractivity contribution in [1.82, 2.24) is 9.97 Å². The second-order valence-electron chi connectivity index (χ2n) is 4.88. The maximum absolute atomic E-state index is 11.1. The zero-order valence-electron chi connectivity index (χ0n) is 10.8. The molecule has 5 nitrogen and oxygen atoms in total. The van der Waals surface area contributed by atoms with E-state index < -0.39 is 11.5 Å². The lowest BCUT2D eigenvalue weighted by molar-refractivity contribution is -0.642. The van der Waals surface area contributed by atoms with Crippen LogP contribution in [0.5, 0.6) is 0 Å². The Hall–Kier alpha value is -1.53. The van der Waals surface area contributed by atoms with E-state index in [9.17, 15) is 9.90 Å². The fourth-order valence-electron chi connectivity index (χ4n) is 1.72. The summed E-state index contributed by atoms with van der Waals surface area (Å²) in [6.07, 6.45) is 1.47. The number of carbonyl (C=O) groups is 1. The van der Waals surface area contributed by atoms with Gasteiger partial charge in [0.05, 0.1) is 5.39 Å². The highest BCUT2D eigenvalue weighted by Crippen LogP contribution is 2.30. The number of nitrogens with zero attached hydrogens (tertiary/aromatic N) is 2. The lowest BCUT2D eigenvalue weighted by Gasteiger charge is -2.22. The third-order valence-corrected chi connectivity index (χ3v) is 4.13. The number of quaternary nitrogens is 1. The molecule has 18 heavy (non-hydrogen) atoms. The lowest BCUT2D eigenvalue weighted by atomic mass is 10.1. The van der Waals surface area contributed by atoms with E-state index in [0.717, 1.165) is 15.8 Å². The van der Waals surface area contributed by atoms with Gasteiger partial charge in [-0.1, -0.05) is 0 Å². The number of aryl methyl sites for hydroxylation is 2. The summed E-state index contributed by atoms with van der Waals surface area (Å²) < 4.78 is 0. The molecule has 0 radical (unpaired) electrons. The second kappa shape index (κ2) is 4.29. The molecule has 0 saturated heterocycles. The topological polar surface area (TPSA) is 82.5 Å². The van der Waals surface area contributed by atoms with E-state index in [0.29, 0.717) is 5.82 Å². The van der Waals surface area contributed by atoms with Gasteiger partial charge in [0.1, 0.15) is 22.7 Å². The van der Waals surface area contributed by atoms with Crippen LogP contribution in [0.1, 0.15) is 24.3 Å². The van der Waals surface area contributed by atoms with E-state index in [4.69, 9.17) is 0 Å². The number of hydrogen-bond donors (Lipinski definition) is 1. The van der Waals surface area contributed by atoms with E-state index in [2.05, 4.69) is 9.97 Å². The molecule has 0 atom stereocenters. The molecular weight excluding hydrogens is 250 g/mol. The van der Waals surface area contributed by atoms with Crippen LogP contribution in [-0.4, -0.2) is 21.5 Å².